The summed E-state index contributed by atoms with van der Waals surface area (Å²) >= 11 is 0. The molecule has 1 nitrogen and oxygen atoms in total. The van der Waals surface area contributed by atoms with Crippen molar-refractivity contribution < 1.29 is 4.57 Å². The second-order valence-corrected chi connectivity index (χ2v) is 6.91. The van der Waals surface area contributed by atoms with E-state index < -0.39 is 0 Å². The first-order valence-electron chi connectivity index (χ1n) is 8.75. The van der Waals surface area contributed by atoms with Crippen molar-refractivity contribution in [3.8, 4) is 11.3 Å². The molecule has 0 saturated heterocycles. The summed E-state index contributed by atoms with van der Waals surface area (Å²) in [6.07, 6.45) is 2.29. The minimum absolute atomic E-state index is 0.503. The third-order valence-electron chi connectivity index (χ3n) is 5.34. The Hall–Kier alpha value is -2.15. The lowest BCUT2D eigenvalue weighted by Crippen LogP contribution is -2.40. The number of aryl methyl sites for hydroxylation is 1. The summed E-state index contributed by atoms with van der Waals surface area (Å²) in [6.45, 7) is 6.98. The van der Waals surface area contributed by atoms with Crippen LogP contribution in [0.2, 0.25) is 0 Å². The van der Waals surface area contributed by atoms with E-state index in [1.807, 2.05) is 0 Å². The predicted octanol–water partition coefficient (Wildman–Crippen LogP) is 5.42. The first-order valence-corrected chi connectivity index (χ1v) is 8.75. The molecule has 1 heteroatoms. The predicted molar refractivity (Wildman–Crippen MR) is 96.7 cm³/mol. The average molecular weight is 302 g/mol. The molecule has 0 N–H and O–H groups in total. The Bertz CT molecular complexity index is 878. The Morgan fingerprint density at radius 2 is 1.83 bits per heavy atom. The summed E-state index contributed by atoms with van der Waals surface area (Å²) < 4.78 is 2.54. The van der Waals surface area contributed by atoms with Gasteiger partial charge in [-0.25, -0.2) is 0 Å². The Morgan fingerprint density at radius 1 is 1.00 bits per heavy atom. The number of pyridine rings is 1. The van der Waals surface area contributed by atoms with Gasteiger partial charge in [-0.15, -0.1) is 0 Å². The maximum atomic E-state index is 2.54. The molecule has 0 radical (unpaired) electrons. The van der Waals surface area contributed by atoms with Crippen molar-refractivity contribution in [1.29, 1.82) is 0 Å². The van der Waals surface area contributed by atoms with Gasteiger partial charge in [0.2, 0.25) is 11.2 Å². The van der Waals surface area contributed by atoms with Gasteiger partial charge in [-0.05, 0) is 48.6 Å². The van der Waals surface area contributed by atoms with E-state index in [1.54, 1.807) is 0 Å². The number of rotatable bonds is 1. The summed E-state index contributed by atoms with van der Waals surface area (Å²) in [5, 5.41) is 1.32. The molecule has 23 heavy (non-hydrogen) atoms. The molecule has 0 saturated carbocycles. The topological polar surface area (TPSA) is 3.88 Å². The van der Waals surface area contributed by atoms with Crippen LogP contribution in [0, 0.1) is 0 Å². The van der Waals surface area contributed by atoms with Crippen molar-refractivity contribution in [2.24, 2.45) is 0 Å². The molecule has 3 aromatic rings. The average Bonchev–Trinajstić information content (AvgIpc) is 2.69. The molecule has 1 aromatic heterocycles. The monoisotopic (exact) mass is 302 g/mol. The van der Waals surface area contributed by atoms with Crippen LogP contribution in [-0.4, -0.2) is 0 Å². The summed E-state index contributed by atoms with van der Waals surface area (Å²) in [5.74, 6) is 0.588. The van der Waals surface area contributed by atoms with Crippen molar-refractivity contribution in [2.75, 3.05) is 0 Å². The second-order valence-electron chi connectivity index (χ2n) is 6.91. The molecule has 116 valence electrons. The highest BCUT2D eigenvalue weighted by Gasteiger charge is 2.31. The molecule has 2 unspecified atom stereocenters. The smallest absolute Gasteiger partial charge is 0.189 e. The van der Waals surface area contributed by atoms with Gasteiger partial charge in [-0.2, -0.15) is 4.57 Å². The van der Waals surface area contributed by atoms with Crippen LogP contribution in [0.3, 0.4) is 0 Å². The van der Waals surface area contributed by atoms with Gasteiger partial charge in [0.05, 0.1) is 0 Å². The first-order chi connectivity index (χ1) is 11.2. The number of hydrogen-bond acceptors (Lipinski definition) is 0. The SMILES string of the molecule is CCc1ccc2c(c1)C(C)CC(C)[n+]1c-2ccc2ccccc21. The van der Waals surface area contributed by atoms with Crippen LogP contribution >= 0.6 is 0 Å². The second kappa shape index (κ2) is 5.49. The third kappa shape index (κ3) is 2.26. The van der Waals surface area contributed by atoms with Crippen LogP contribution < -0.4 is 4.57 Å². The highest BCUT2D eigenvalue weighted by atomic mass is 15.0. The van der Waals surface area contributed by atoms with E-state index in [9.17, 15) is 0 Å². The molecule has 0 aliphatic carbocycles. The lowest BCUT2D eigenvalue weighted by Gasteiger charge is -2.12. The van der Waals surface area contributed by atoms with Crippen molar-refractivity contribution >= 4 is 10.9 Å². The molecule has 1 aliphatic rings. The van der Waals surface area contributed by atoms with Crippen molar-refractivity contribution in [3.63, 3.8) is 0 Å². The fourth-order valence-electron chi connectivity index (χ4n) is 4.14. The zero-order chi connectivity index (χ0) is 16.0. The molecule has 1 aliphatic heterocycles. The molecule has 0 spiro atoms. The standard InChI is InChI=1S/C22H24N/c1-4-17-9-11-19-20(14-17)15(2)13-16(3)23-21-8-6-5-7-18(21)10-12-22(19)23/h5-12,14-16H,4,13H2,1-3H3/q+1. The molecule has 2 heterocycles. The molecular formula is C22H24N+. The van der Waals surface area contributed by atoms with E-state index in [0.717, 1.165) is 6.42 Å². The van der Waals surface area contributed by atoms with E-state index in [2.05, 4.69) is 79.9 Å². The lowest BCUT2D eigenvalue weighted by molar-refractivity contribution is -0.684. The lowest BCUT2D eigenvalue weighted by atomic mass is 9.90. The Kier molecular flexibility index (Phi) is 3.45. The quantitative estimate of drug-likeness (QED) is 0.528. The number of nitrogens with zero attached hydrogens (tertiary/aromatic N) is 1. The number of benzene rings is 2. The minimum Gasteiger partial charge on any atom is -0.189 e. The maximum Gasteiger partial charge on any atom is 0.213 e. The zero-order valence-corrected chi connectivity index (χ0v) is 14.2. The number of aromatic nitrogens is 1. The van der Waals surface area contributed by atoms with E-state index in [-0.39, 0.29) is 0 Å². The normalized spacial score (nSPS) is 20.0. The minimum atomic E-state index is 0.503. The molecule has 0 amide bonds. The molecule has 0 fully saturated rings. The van der Waals surface area contributed by atoms with E-state index >= 15 is 0 Å². The third-order valence-corrected chi connectivity index (χ3v) is 5.34. The molecule has 0 bridgehead atoms. The van der Waals surface area contributed by atoms with Gasteiger partial charge in [0.25, 0.3) is 0 Å². The Labute approximate surface area is 138 Å². The largest absolute Gasteiger partial charge is 0.213 e. The van der Waals surface area contributed by atoms with Gasteiger partial charge in [-0.1, -0.05) is 38.1 Å². The van der Waals surface area contributed by atoms with Crippen LogP contribution in [0.1, 0.15) is 50.3 Å². The van der Waals surface area contributed by atoms with Crippen molar-refractivity contribution in [1.82, 2.24) is 0 Å². The Morgan fingerprint density at radius 3 is 2.65 bits per heavy atom. The van der Waals surface area contributed by atoms with Gasteiger partial charge in [-0.3, -0.25) is 0 Å². The van der Waals surface area contributed by atoms with Gasteiger partial charge in [0.15, 0.2) is 6.04 Å². The van der Waals surface area contributed by atoms with Crippen LogP contribution in [-0.2, 0) is 6.42 Å². The van der Waals surface area contributed by atoms with Crippen LogP contribution in [0.25, 0.3) is 22.2 Å². The highest BCUT2D eigenvalue weighted by molar-refractivity contribution is 5.78. The maximum absolute atomic E-state index is 2.54. The molecular weight excluding hydrogens is 278 g/mol. The fraction of sp³-hybridized carbons (Fsp3) is 0.318. The number of hydrogen-bond donors (Lipinski definition) is 0. The van der Waals surface area contributed by atoms with Gasteiger partial charge >= 0.3 is 0 Å². The highest BCUT2D eigenvalue weighted by Crippen LogP contribution is 2.37. The molecule has 4 rings (SSSR count). The summed E-state index contributed by atoms with van der Waals surface area (Å²) in [6, 6.07) is 20.9. The molecule has 2 atom stereocenters. The van der Waals surface area contributed by atoms with Crippen LogP contribution in [0.5, 0.6) is 0 Å². The van der Waals surface area contributed by atoms with Crippen molar-refractivity contribution in [2.45, 2.75) is 45.6 Å². The summed E-state index contributed by atoms with van der Waals surface area (Å²) in [7, 11) is 0. The summed E-state index contributed by atoms with van der Waals surface area (Å²) in [4.78, 5) is 0. The van der Waals surface area contributed by atoms with E-state index in [4.69, 9.17) is 0 Å². The van der Waals surface area contributed by atoms with Crippen molar-refractivity contribution in [3.05, 3.63) is 65.7 Å². The molecule has 2 aromatic carbocycles. The fourth-order valence-corrected chi connectivity index (χ4v) is 4.14. The number of para-hydroxylation sites is 1. The summed E-state index contributed by atoms with van der Waals surface area (Å²) in [5.41, 5.74) is 7.07. The van der Waals surface area contributed by atoms with E-state index in [0.29, 0.717) is 12.0 Å². The van der Waals surface area contributed by atoms with Gasteiger partial charge < -0.3 is 0 Å². The van der Waals surface area contributed by atoms with Crippen LogP contribution in [0.15, 0.2) is 54.6 Å². The Balaban J connectivity index is 2.06. The zero-order valence-electron chi connectivity index (χ0n) is 14.2. The van der Waals surface area contributed by atoms with Gasteiger partial charge in [0, 0.05) is 29.5 Å². The van der Waals surface area contributed by atoms with E-state index in [1.165, 1.54) is 39.7 Å². The number of fused-ring (bicyclic) bond motifs is 5. The van der Waals surface area contributed by atoms with Crippen LogP contribution in [0.4, 0.5) is 0 Å². The first kappa shape index (κ1) is 14.4. The van der Waals surface area contributed by atoms with Gasteiger partial charge in [0.1, 0.15) is 0 Å².